The lowest BCUT2D eigenvalue weighted by Crippen LogP contribution is -2.01. The van der Waals surface area contributed by atoms with Crippen LogP contribution < -0.4 is 9.47 Å². The zero-order valence-electron chi connectivity index (χ0n) is 22.8. The van der Waals surface area contributed by atoms with Crippen LogP contribution >= 0.6 is 0 Å². The number of phenolic OH excluding ortho intramolecular Hbond substituents is 2. The Bertz CT molecular complexity index is 1790. The fraction of sp³-hybridized carbons (Fsp3) is 0. The third kappa shape index (κ3) is 6.37. The van der Waals surface area contributed by atoms with Crippen LogP contribution in [0.5, 0.6) is 34.5 Å². The molecule has 0 unspecified atom stereocenters. The van der Waals surface area contributed by atoms with Crippen LogP contribution in [0.15, 0.2) is 155 Å². The van der Waals surface area contributed by atoms with Crippen LogP contribution in [0.25, 0.3) is 22.3 Å². The van der Waals surface area contributed by atoms with E-state index < -0.39 is 9.84 Å². The van der Waals surface area contributed by atoms with Gasteiger partial charge in [0.25, 0.3) is 0 Å². The van der Waals surface area contributed by atoms with Crippen molar-refractivity contribution in [2.24, 2.45) is 0 Å². The third-order valence-electron chi connectivity index (χ3n) is 6.85. The molecule has 0 heterocycles. The summed E-state index contributed by atoms with van der Waals surface area (Å²) >= 11 is 0. The first-order valence-electron chi connectivity index (χ1n) is 13.4. The van der Waals surface area contributed by atoms with Gasteiger partial charge in [0.2, 0.25) is 9.84 Å². The van der Waals surface area contributed by atoms with Crippen molar-refractivity contribution in [1.29, 1.82) is 0 Å². The van der Waals surface area contributed by atoms with E-state index in [0.29, 0.717) is 23.0 Å². The van der Waals surface area contributed by atoms with Gasteiger partial charge in [-0.05, 0) is 119 Å². The van der Waals surface area contributed by atoms with Gasteiger partial charge in [0.15, 0.2) is 0 Å². The van der Waals surface area contributed by atoms with E-state index in [2.05, 4.69) is 0 Å². The molecule has 0 aliphatic heterocycles. The molecule has 0 atom stereocenters. The number of ether oxygens (including phenoxy) is 2. The Hall–Kier alpha value is -5.53. The Morgan fingerprint density at radius 3 is 0.860 bits per heavy atom. The minimum Gasteiger partial charge on any atom is -0.508 e. The molecule has 0 aliphatic rings. The summed E-state index contributed by atoms with van der Waals surface area (Å²) in [4.78, 5) is 0.307. The molecule has 0 aromatic heterocycles. The molecule has 43 heavy (non-hydrogen) atoms. The van der Waals surface area contributed by atoms with E-state index in [-0.39, 0.29) is 21.3 Å². The molecule has 0 amide bonds. The predicted octanol–water partition coefficient (Wildman–Crippen LogP) is 8.85. The molecule has 6 nitrogen and oxygen atoms in total. The van der Waals surface area contributed by atoms with Crippen LogP contribution in [-0.2, 0) is 9.84 Å². The highest BCUT2D eigenvalue weighted by molar-refractivity contribution is 7.91. The van der Waals surface area contributed by atoms with Crippen molar-refractivity contribution in [3.63, 3.8) is 0 Å². The summed E-state index contributed by atoms with van der Waals surface area (Å²) in [5.74, 6) is 2.68. The highest BCUT2D eigenvalue weighted by Crippen LogP contribution is 2.31. The van der Waals surface area contributed by atoms with Gasteiger partial charge in [-0.3, -0.25) is 0 Å². The summed E-state index contributed by atoms with van der Waals surface area (Å²) in [7, 11) is -3.74. The van der Waals surface area contributed by atoms with Crippen molar-refractivity contribution in [2.75, 3.05) is 0 Å². The molecule has 6 aromatic carbocycles. The number of hydrogen-bond donors (Lipinski definition) is 2. The first-order valence-corrected chi connectivity index (χ1v) is 14.9. The van der Waals surface area contributed by atoms with E-state index in [4.69, 9.17) is 9.47 Å². The summed E-state index contributed by atoms with van der Waals surface area (Å²) in [6.45, 7) is 0. The van der Waals surface area contributed by atoms with Gasteiger partial charge in [-0.25, -0.2) is 8.42 Å². The first kappa shape index (κ1) is 27.6. The lowest BCUT2D eigenvalue weighted by Gasteiger charge is -2.10. The fourth-order valence-corrected chi connectivity index (χ4v) is 5.78. The summed E-state index contributed by atoms with van der Waals surface area (Å²) in [5.41, 5.74) is 3.90. The minimum absolute atomic E-state index is 0.154. The van der Waals surface area contributed by atoms with Crippen LogP contribution in [-0.4, -0.2) is 18.6 Å². The van der Waals surface area contributed by atoms with Gasteiger partial charge >= 0.3 is 0 Å². The van der Waals surface area contributed by atoms with Crippen LogP contribution in [0.3, 0.4) is 0 Å². The van der Waals surface area contributed by atoms with Crippen LogP contribution in [0.4, 0.5) is 0 Å². The molecular weight excluding hydrogens is 560 g/mol. The van der Waals surface area contributed by atoms with Crippen molar-refractivity contribution in [2.45, 2.75) is 9.79 Å². The van der Waals surface area contributed by atoms with E-state index in [1.165, 1.54) is 24.3 Å². The number of rotatable bonds is 8. The fourth-order valence-electron chi connectivity index (χ4n) is 4.52. The van der Waals surface area contributed by atoms with E-state index in [1.807, 2.05) is 72.8 Å². The topological polar surface area (TPSA) is 93.1 Å². The monoisotopic (exact) mass is 586 g/mol. The maximum Gasteiger partial charge on any atom is 0.206 e. The number of sulfone groups is 1. The number of phenols is 2. The molecule has 2 N–H and O–H groups in total. The molecule has 7 heteroatoms. The highest BCUT2D eigenvalue weighted by atomic mass is 32.2. The lowest BCUT2D eigenvalue weighted by atomic mass is 10.1. The van der Waals surface area contributed by atoms with Gasteiger partial charge in [-0.15, -0.1) is 0 Å². The maximum absolute atomic E-state index is 13.2. The van der Waals surface area contributed by atoms with Gasteiger partial charge < -0.3 is 19.7 Å². The first-order chi connectivity index (χ1) is 20.8. The summed E-state index contributed by atoms with van der Waals surface area (Å²) < 4.78 is 38.3. The van der Waals surface area contributed by atoms with Gasteiger partial charge in [-0.1, -0.05) is 48.5 Å². The molecule has 0 spiro atoms. The maximum atomic E-state index is 13.2. The SMILES string of the molecule is O=S(=O)(c1ccc(Oc2ccc(-c3ccc(O)cc3)cc2)cc1)c1ccc(Oc2ccc(-c3ccc(O)cc3)cc2)cc1. The van der Waals surface area contributed by atoms with Crippen LogP contribution in [0.1, 0.15) is 0 Å². The predicted molar refractivity (Wildman–Crippen MR) is 166 cm³/mol. The Morgan fingerprint density at radius 2 is 0.581 bits per heavy atom. The third-order valence-corrected chi connectivity index (χ3v) is 8.63. The second-order valence-corrected chi connectivity index (χ2v) is 11.7. The Morgan fingerprint density at radius 1 is 0.349 bits per heavy atom. The largest absolute Gasteiger partial charge is 0.508 e. The number of aromatic hydroxyl groups is 2. The van der Waals surface area contributed by atoms with Crippen molar-refractivity contribution in [3.05, 3.63) is 146 Å². The molecule has 6 rings (SSSR count). The Kier molecular flexibility index (Phi) is 7.56. The summed E-state index contributed by atoms with van der Waals surface area (Å²) in [6.07, 6.45) is 0. The number of hydrogen-bond acceptors (Lipinski definition) is 6. The van der Waals surface area contributed by atoms with Crippen molar-refractivity contribution < 1.29 is 28.1 Å². The van der Waals surface area contributed by atoms with Gasteiger partial charge in [0.1, 0.15) is 34.5 Å². The van der Waals surface area contributed by atoms with E-state index in [9.17, 15) is 18.6 Å². The molecule has 0 saturated carbocycles. The zero-order valence-corrected chi connectivity index (χ0v) is 23.6. The van der Waals surface area contributed by atoms with E-state index in [1.54, 1.807) is 48.5 Å². The average Bonchev–Trinajstić information content (AvgIpc) is 3.03. The Labute approximate surface area is 249 Å². The molecular formula is C36H26O6S. The quantitative estimate of drug-likeness (QED) is 0.185. The van der Waals surface area contributed by atoms with Crippen molar-refractivity contribution >= 4 is 9.84 Å². The lowest BCUT2D eigenvalue weighted by molar-refractivity contribution is 0.475. The smallest absolute Gasteiger partial charge is 0.206 e. The van der Waals surface area contributed by atoms with E-state index in [0.717, 1.165) is 22.3 Å². The van der Waals surface area contributed by atoms with Crippen LogP contribution in [0, 0.1) is 0 Å². The normalized spacial score (nSPS) is 11.2. The standard InChI is InChI=1S/C36H26O6S/c37-29-9-1-25(2-10-29)27-5-13-31(14-6-27)41-33-17-21-35(22-18-33)43(39,40)36-23-19-34(20-24-36)42-32-15-7-28(8-16-32)26-3-11-30(38)12-4-26/h1-24,37-38H. The van der Waals surface area contributed by atoms with Crippen LogP contribution in [0.2, 0.25) is 0 Å². The van der Waals surface area contributed by atoms with Gasteiger partial charge in [0, 0.05) is 0 Å². The molecule has 0 fully saturated rings. The highest BCUT2D eigenvalue weighted by Gasteiger charge is 2.18. The van der Waals surface area contributed by atoms with E-state index >= 15 is 0 Å². The second kappa shape index (κ2) is 11.8. The molecule has 6 aromatic rings. The van der Waals surface area contributed by atoms with Gasteiger partial charge in [0.05, 0.1) is 9.79 Å². The number of benzene rings is 6. The molecule has 0 radical (unpaired) electrons. The summed E-state index contributed by atoms with van der Waals surface area (Å²) in [6, 6.07) is 41.5. The minimum atomic E-state index is -3.74. The average molecular weight is 587 g/mol. The molecule has 212 valence electrons. The zero-order chi connectivity index (χ0) is 29.8. The second-order valence-electron chi connectivity index (χ2n) is 9.79. The molecule has 0 aliphatic carbocycles. The molecule has 0 saturated heterocycles. The summed E-state index contributed by atoms with van der Waals surface area (Å²) in [5, 5.41) is 19.0. The van der Waals surface area contributed by atoms with Gasteiger partial charge in [-0.2, -0.15) is 0 Å². The van der Waals surface area contributed by atoms with Crippen molar-refractivity contribution in [3.8, 4) is 56.8 Å². The Balaban J connectivity index is 1.09. The van der Waals surface area contributed by atoms with Crippen molar-refractivity contribution in [1.82, 2.24) is 0 Å². The molecule has 0 bridgehead atoms.